The first kappa shape index (κ1) is 39.1. The Morgan fingerprint density at radius 3 is 1.02 bits per heavy atom. The number of carboxylic acid groups (broad SMARTS) is 2. The van der Waals surface area contributed by atoms with Crippen molar-refractivity contribution in [3.8, 4) is 0 Å². The van der Waals surface area contributed by atoms with Gasteiger partial charge < -0.3 is 38.6 Å². The molecule has 14 heteroatoms. The minimum atomic E-state index is -1.79. The second-order valence-corrected chi connectivity index (χ2v) is 16.9. The van der Waals surface area contributed by atoms with Gasteiger partial charge in [0, 0.05) is 38.6 Å². The summed E-state index contributed by atoms with van der Waals surface area (Å²) in [6.07, 6.45) is 13.4. The largest absolute Gasteiger partial charge is 0.481 e. The number of rotatable bonds is 10. The summed E-state index contributed by atoms with van der Waals surface area (Å²) in [5.41, 5.74) is -7.09. The van der Waals surface area contributed by atoms with Crippen LogP contribution in [0.5, 0.6) is 0 Å². The molecule has 0 radical (unpaired) electrons. The van der Waals surface area contributed by atoms with E-state index in [9.17, 15) is 39.0 Å². The van der Waals surface area contributed by atoms with E-state index < -0.39 is 106 Å². The quantitative estimate of drug-likeness (QED) is 0.136. The molecule has 0 amide bonds. The third-order valence-corrected chi connectivity index (χ3v) is 14.8. The molecule has 4 aliphatic heterocycles. The highest BCUT2D eigenvalue weighted by Gasteiger charge is 2.81. The van der Waals surface area contributed by atoms with Crippen LogP contribution in [0, 0.1) is 45.3 Å². The highest BCUT2D eigenvalue weighted by molar-refractivity contribution is 6.03. The van der Waals surface area contributed by atoms with Crippen molar-refractivity contribution >= 4 is 35.8 Å². The van der Waals surface area contributed by atoms with Gasteiger partial charge in [0.05, 0.1) is 24.4 Å². The van der Waals surface area contributed by atoms with Crippen LogP contribution < -0.4 is 0 Å². The van der Waals surface area contributed by atoms with Crippen LogP contribution in [-0.2, 0) is 57.2 Å². The molecule has 12 unspecified atom stereocenters. The first-order valence-electron chi connectivity index (χ1n) is 20.6. The van der Waals surface area contributed by atoms with E-state index in [0.717, 1.165) is 25.7 Å². The molecular formula is C42H52O14. The van der Waals surface area contributed by atoms with Crippen molar-refractivity contribution in [2.75, 3.05) is 26.4 Å². The molecule has 4 saturated heterocycles. The number of fused-ring (bicyclic) bond motifs is 4. The lowest BCUT2D eigenvalue weighted by Crippen LogP contribution is -2.67. The Kier molecular flexibility index (Phi) is 10.6. The lowest BCUT2D eigenvalue weighted by atomic mass is 9.51. The summed E-state index contributed by atoms with van der Waals surface area (Å²) >= 11 is 0. The van der Waals surface area contributed by atoms with E-state index in [0.29, 0.717) is 103 Å². The average Bonchev–Trinajstić information content (AvgIpc) is 4.02. The minimum absolute atomic E-state index is 0.316. The summed E-state index contributed by atoms with van der Waals surface area (Å²) in [4.78, 5) is 83.5. The van der Waals surface area contributed by atoms with Crippen molar-refractivity contribution in [2.45, 2.75) is 114 Å². The van der Waals surface area contributed by atoms with Crippen LogP contribution in [0.15, 0.2) is 36.5 Å². The summed E-state index contributed by atoms with van der Waals surface area (Å²) in [6, 6.07) is 0. The zero-order valence-electron chi connectivity index (χ0n) is 31.6. The number of hydrogen-bond acceptors (Lipinski definition) is 12. The molecule has 2 N–H and O–H groups in total. The van der Waals surface area contributed by atoms with Crippen molar-refractivity contribution in [3.63, 3.8) is 0 Å². The SMILES string of the molecule is O=C(/C=C\C(=O)OC(=O)C1(C2CCCCO2)C2C=CC(C2)C1(C(=O)O)C1CCCCO1)OC(=O)C1(C2CCCCO2)C2C=CC(C2)C1(C(=O)O)C1CCCCO1. The van der Waals surface area contributed by atoms with Crippen LogP contribution in [0.1, 0.15) is 89.9 Å². The normalized spacial score (nSPS) is 42.8. The number of carbonyl (C=O) groups is 6. The number of carboxylic acids is 2. The molecular weight excluding hydrogens is 728 g/mol. The number of carbonyl (C=O) groups excluding carboxylic acids is 4. The predicted octanol–water partition coefficient (Wildman–Crippen LogP) is 4.49. The lowest BCUT2D eigenvalue weighted by Gasteiger charge is -2.54. The average molecular weight is 781 g/mol. The summed E-state index contributed by atoms with van der Waals surface area (Å²) in [7, 11) is 0. The Bertz CT molecular complexity index is 1570. The van der Waals surface area contributed by atoms with Gasteiger partial charge in [0.2, 0.25) is 0 Å². The van der Waals surface area contributed by atoms with Crippen molar-refractivity contribution in [1.29, 1.82) is 0 Å². The van der Waals surface area contributed by atoms with Crippen LogP contribution in [-0.4, -0.2) is 96.9 Å². The molecule has 6 fully saturated rings. The lowest BCUT2D eigenvalue weighted by molar-refractivity contribution is -0.225. The van der Waals surface area contributed by atoms with E-state index in [2.05, 4.69) is 0 Å². The minimum Gasteiger partial charge on any atom is -0.481 e. The second-order valence-electron chi connectivity index (χ2n) is 16.9. The maximum atomic E-state index is 14.6. The summed E-state index contributed by atoms with van der Waals surface area (Å²) < 4.78 is 35.7. The molecule has 4 bridgehead atoms. The number of ether oxygens (including phenoxy) is 6. The van der Waals surface area contributed by atoms with Gasteiger partial charge in [-0.3, -0.25) is 19.2 Å². The Hall–Kier alpha value is -3.72. The molecule has 56 heavy (non-hydrogen) atoms. The highest BCUT2D eigenvalue weighted by Crippen LogP contribution is 2.71. The van der Waals surface area contributed by atoms with Crippen molar-refractivity contribution in [2.24, 2.45) is 45.3 Å². The molecule has 0 aromatic heterocycles. The predicted molar refractivity (Wildman–Crippen MR) is 192 cm³/mol. The number of aliphatic carboxylic acids is 2. The zero-order chi connectivity index (χ0) is 39.3. The summed E-state index contributed by atoms with van der Waals surface area (Å²) in [5.74, 6) is -9.36. The van der Waals surface area contributed by atoms with Gasteiger partial charge in [0.15, 0.2) is 0 Å². The van der Waals surface area contributed by atoms with Gasteiger partial charge in [-0.05, 0) is 114 Å². The first-order valence-corrected chi connectivity index (χ1v) is 20.6. The molecule has 0 aromatic carbocycles. The van der Waals surface area contributed by atoms with Gasteiger partial charge in [-0.15, -0.1) is 0 Å². The third kappa shape index (κ3) is 5.48. The van der Waals surface area contributed by atoms with Crippen LogP contribution in [0.25, 0.3) is 0 Å². The molecule has 12 atom stereocenters. The van der Waals surface area contributed by atoms with E-state index >= 15 is 0 Å². The Morgan fingerprint density at radius 2 is 0.750 bits per heavy atom. The Labute approximate surface area is 325 Å². The molecule has 2 saturated carbocycles. The van der Waals surface area contributed by atoms with Gasteiger partial charge in [0.1, 0.15) is 21.7 Å². The fraction of sp³-hybridized carbons (Fsp3) is 0.714. The van der Waals surface area contributed by atoms with E-state index in [1.54, 1.807) is 0 Å². The van der Waals surface area contributed by atoms with Crippen LogP contribution >= 0.6 is 0 Å². The van der Waals surface area contributed by atoms with Gasteiger partial charge in [0.25, 0.3) is 0 Å². The maximum Gasteiger partial charge on any atom is 0.338 e. The van der Waals surface area contributed by atoms with Crippen LogP contribution in [0.2, 0.25) is 0 Å². The topological polar surface area (TPSA) is 198 Å². The van der Waals surface area contributed by atoms with Crippen LogP contribution in [0.3, 0.4) is 0 Å². The molecule has 304 valence electrons. The van der Waals surface area contributed by atoms with Gasteiger partial charge in [-0.1, -0.05) is 24.3 Å². The molecule has 4 heterocycles. The highest BCUT2D eigenvalue weighted by atomic mass is 16.6. The molecule has 8 rings (SSSR count). The molecule has 0 spiro atoms. The monoisotopic (exact) mass is 780 g/mol. The van der Waals surface area contributed by atoms with E-state index in [-0.39, 0.29) is 0 Å². The molecule has 14 nitrogen and oxygen atoms in total. The van der Waals surface area contributed by atoms with Gasteiger partial charge in [-0.2, -0.15) is 0 Å². The summed E-state index contributed by atoms with van der Waals surface area (Å²) in [6.45, 7) is 1.31. The number of allylic oxidation sites excluding steroid dienone is 4. The van der Waals surface area contributed by atoms with E-state index in [1.165, 1.54) is 0 Å². The summed E-state index contributed by atoms with van der Waals surface area (Å²) in [5, 5.41) is 22.2. The number of esters is 4. The van der Waals surface area contributed by atoms with Gasteiger partial charge >= 0.3 is 35.8 Å². The van der Waals surface area contributed by atoms with Crippen molar-refractivity contribution < 1.29 is 67.4 Å². The van der Waals surface area contributed by atoms with E-state index in [4.69, 9.17) is 28.4 Å². The Morgan fingerprint density at radius 1 is 0.464 bits per heavy atom. The van der Waals surface area contributed by atoms with E-state index in [1.807, 2.05) is 24.3 Å². The van der Waals surface area contributed by atoms with Crippen molar-refractivity contribution in [3.05, 3.63) is 36.5 Å². The molecule has 0 aromatic rings. The van der Waals surface area contributed by atoms with Crippen molar-refractivity contribution in [1.82, 2.24) is 0 Å². The standard InChI is InChI=1S/C42H52O14/c43-33(55-37(49)41(31-11-3-7-21-53-31)27-15-13-25(23-27)39(41,35(45)46)29-9-1-5-19-51-29)17-18-34(44)56-38(50)42(32-12-4-8-22-54-32)28-16-14-26(24-28)40(42,36(47)48)30-10-2-6-20-52-30/h13-18,25-32H,1-12,19-24H2,(H,45,46)(H,47,48)/b18-17-. The number of hydrogen-bond donors (Lipinski definition) is 2. The third-order valence-electron chi connectivity index (χ3n) is 14.8. The van der Waals surface area contributed by atoms with Gasteiger partial charge in [-0.25, -0.2) is 9.59 Å². The molecule has 8 aliphatic rings. The Balaban J connectivity index is 1.07. The second kappa shape index (κ2) is 15.2. The smallest absolute Gasteiger partial charge is 0.338 e. The first-order chi connectivity index (χ1) is 27.1. The van der Waals surface area contributed by atoms with Crippen LogP contribution in [0.4, 0.5) is 0 Å². The molecule has 4 aliphatic carbocycles. The zero-order valence-corrected chi connectivity index (χ0v) is 31.6. The fourth-order valence-corrected chi connectivity index (χ4v) is 12.8. The fourth-order valence-electron chi connectivity index (χ4n) is 12.8. The maximum absolute atomic E-state index is 14.6.